The Morgan fingerprint density at radius 2 is 1.78 bits per heavy atom. The number of hydrogen-bond acceptors (Lipinski definition) is 1. The zero-order valence-corrected chi connectivity index (χ0v) is 15.4. The van der Waals surface area contributed by atoms with Crippen molar-refractivity contribution in [2.24, 2.45) is 22.7 Å². The molecular weight excluding hydrogens is 280 g/mol. The fraction of sp³-hybridized carbons (Fsp3) is 0.727. The maximum absolute atomic E-state index is 5.54. The van der Waals surface area contributed by atoms with Crippen LogP contribution in [0.3, 0.4) is 0 Å². The topological polar surface area (TPSA) is 9.23 Å². The Bertz CT molecular complexity index is 607. The van der Waals surface area contributed by atoms with Crippen LogP contribution in [0.5, 0.6) is 0 Å². The van der Waals surface area contributed by atoms with Crippen molar-refractivity contribution in [1.29, 1.82) is 0 Å². The highest BCUT2D eigenvalue weighted by Crippen LogP contribution is 2.67. The van der Waals surface area contributed by atoms with Crippen molar-refractivity contribution >= 4 is 0 Å². The summed E-state index contributed by atoms with van der Waals surface area (Å²) in [7, 11) is 1.83. The Labute approximate surface area is 141 Å². The number of methoxy groups -OCH3 is 1. The van der Waals surface area contributed by atoms with Crippen LogP contribution in [0.15, 0.2) is 34.6 Å². The SMILES string of the molecule is CC=C1CC[C@H]2[C@@H]3CCC4=C(CC=C(OC)C4)[C@@]3(C)CC[C@]12C. The molecule has 0 heterocycles. The average Bonchev–Trinajstić information content (AvgIpc) is 2.90. The second kappa shape index (κ2) is 5.26. The molecule has 0 spiro atoms. The van der Waals surface area contributed by atoms with Gasteiger partial charge in [-0.2, -0.15) is 0 Å². The molecule has 1 nitrogen and oxygen atoms in total. The number of hydrogen-bond donors (Lipinski definition) is 0. The maximum Gasteiger partial charge on any atom is 0.0959 e. The largest absolute Gasteiger partial charge is 0.501 e. The van der Waals surface area contributed by atoms with Gasteiger partial charge >= 0.3 is 0 Å². The molecule has 4 aliphatic rings. The van der Waals surface area contributed by atoms with E-state index in [9.17, 15) is 0 Å². The van der Waals surface area contributed by atoms with Crippen LogP contribution in [0, 0.1) is 22.7 Å². The summed E-state index contributed by atoms with van der Waals surface area (Å²) in [5.41, 5.74) is 6.23. The van der Waals surface area contributed by atoms with Gasteiger partial charge in [0.05, 0.1) is 12.9 Å². The average molecular weight is 312 g/mol. The minimum atomic E-state index is 0.455. The van der Waals surface area contributed by atoms with Crippen molar-refractivity contribution in [3.8, 4) is 0 Å². The van der Waals surface area contributed by atoms with Crippen LogP contribution in [0.25, 0.3) is 0 Å². The third kappa shape index (κ3) is 2.04. The molecular formula is C22H32O. The Kier molecular flexibility index (Phi) is 3.55. The van der Waals surface area contributed by atoms with E-state index in [2.05, 4.69) is 32.9 Å². The molecule has 0 bridgehead atoms. The second-order valence-corrected chi connectivity index (χ2v) is 8.78. The first-order valence-corrected chi connectivity index (χ1v) is 9.63. The van der Waals surface area contributed by atoms with Crippen LogP contribution in [-0.2, 0) is 4.74 Å². The Hall–Kier alpha value is -0.980. The molecule has 1 heteroatoms. The molecule has 4 aliphatic carbocycles. The van der Waals surface area contributed by atoms with Gasteiger partial charge in [-0.15, -0.1) is 0 Å². The minimum Gasteiger partial charge on any atom is -0.501 e. The molecule has 4 atom stereocenters. The summed E-state index contributed by atoms with van der Waals surface area (Å²) in [6.07, 6.45) is 15.3. The molecule has 126 valence electrons. The van der Waals surface area contributed by atoms with Gasteiger partial charge in [-0.05, 0) is 80.6 Å². The zero-order valence-electron chi connectivity index (χ0n) is 15.4. The van der Waals surface area contributed by atoms with E-state index < -0.39 is 0 Å². The lowest BCUT2D eigenvalue weighted by Gasteiger charge is -2.56. The second-order valence-electron chi connectivity index (χ2n) is 8.78. The number of fused-ring (bicyclic) bond motifs is 4. The standard InChI is InChI=1S/C22H32O/c1-5-16-7-10-19-20-9-6-15-14-17(23-4)8-11-18(15)22(20,3)13-12-21(16,19)2/h5,8,19-20H,6-7,9-14H2,1-4H3/t19-,20-,21+,22+/m0/s1. The summed E-state index contributed by atoms with van der Waals surface area (Å²) < 4.78 is 5.54. The lowest BCUT2D eigenvalue weighted by atomic mass is 9.48. The Morgan fingerprint density at radius 3 is 2.52 bits per heavy atom. The molecule has 0 aromatic heterocycles. The summed E-state index contributed by atoms with van der Waals surface area (Å²) >= 11 is 0. The monoisotopic (exact) mass is 312 g/mol. The van der Waals surface area contributed by atoms with E-state index in [4.69, 9.17) is 4.74 Å². The van der Waals surface area contributed by atoms with Crippen LogP contribution in [-0.4, -0.2) is 7.11 Å². The van der Waals surface area contributed by atoms with E-state index in [1.54, 1.807) is 16.7 Å². The number of ether oxygens (including phenoxy) is 1. The lowest BCUT2D eigenvalue weighted by Crippen LogP contribution is -2.47. The third-order valence-electron chi connectivity index (χ3n) is 8.15. The summed E-state index contributed by atoms with van der Waals surface area (Å²) in [4.78, 5) is 0. The van der Waals surface area contributed by atoms with Gasteiger partial charge in [-0.3, -0.25) is 0 Å². The molecule has 2 fully saturated rings. The van der Waals surface area contributed by atoms with E-state index in [1.807, 2.05) is 7.11 Å². The third-order valence-corrected chi connectivity index (χ3v) is 8.15. The van der Waals surface area contributed by atoms with Crippen LogP contribution in [0.2, 0.25) is 0 Å². The molecule has 0 saturated heterocycles. The van der Waals surface area contributed by atoms with Crippen molar-refractivity contribution < 1.29 is 4.74 Å². The van der Waals surface area contributed by atoms with E-state index in [1.165, 1.54) is 44.3 Å². The highest BCUT2D eigenvalue weighted by Gasteiger charge is 2.57. The van der Waals surface area contributed by atoms with Crippen molar-refractivity contribution in [3.63, 3.8) is 0 Å². The normalized spacial score (nSPS) is 44.5. The van der Waals surface area contributed by atoms with Gasteiger partial charge in [-0.1, -0.05) is 36.6 Å². The van der Waals surface area contributed by atoms with Crippen molar-refractivity contribution in [3.05, 3.63) is 34.6 Å². The van der Waals surface area contributed by atoms with Crippen LogP contribution < -0.4 is 0 Å². The maximum atomic E-state index is 5.54. The summed E-state index contributed by atoms with van der Waals surface area (Å²) in [5.74, 6) is 3.01. The lowest BCUT2D eigenvalue weighted by molar-refractivity contribution is 0.00278. The quantitative estimate of drug-likeness (QED) is 0.525. The van der Waals surface area contributed by atoms with Crippen molar-refractivity contribution in [2.75, 3.05) is 7.11 Å². The van der Waals surface area contributed by atoms with E-state index >= 15 is 0 Å². The summed E-state index contributed by atoms with van der Waals surface area (Å²) in [6.45, 7) is 7.44. The van der Waals surface area contributed by atoms with Crippen molar-refractivity contribution in [2.45, 2.75) is 72.1 Å². The molecule has 0 aliphatic heterocycles. The first-order chi connectivity index (χ1) is 11.0. The number of rotatable bonds is 1. The van der Waals surface area contributed by atoms with E-state index in [0.717, 1.165) is 24.7 Å². The molecule has 0 unspecified atom stereocenters. The zero-order chi connectivity index (χ0) is 16.2. The van der Waals surface area contributed by atoms with Crippen molar-refractivity contribution in [1.82, 2.24) is 0 Å². The summed E-state index contributed by atoms with van der Waals surface area (Å²) in [5, 5.41) is 0. The van der Waals surface area contributed by atoms with Crippen LogP contribution in [0.4, 0.5) is 0 Å². The Morgan fingerprint density at radius 1 is 1.09 bits per heavy atom. The van der Waals surface area contributed by atoms with E-state index in [0.29, 0.717) is 10.8 Å². The van der Waals surface area contributed by atoms with Gasteiger partial charge in [0.1, 0.15) is 0 Å². The fourth-order valence-corrected chi connectivity index (χ4v) is 6.77. The molecule has 23 heavy (non-hydrogen) atoms. The molecule has 2 saturated carbocycles. The van der Waals surface area contributed by atoms with Gasteiger partial charge < -0.3 is 4.74 Å². The smallest absolute Gasteiger partial charge is 0.0959 e. The van der Waals surface area contributed by atoms with E-state index in [-0.39, 0.29) is 0 Å². The first kappa shape index (κ1) is 15.5. The highest BCUT2D eigenvalue weighted by molar-refractivity contribution is 5.37. The fourth-order valence-electron chi connectivity index (χ4n) is 6.77. The van der Waals surface area contributed by atoms with Gasteiger partial charge in [0.15, 0.2) is 0 Å². The van der Waals surface area contributed by atoms with Crippen LogP contribution in [0.1, 0.15) is 72.1 Å². The molecule has 4 rings (SSSR count). The summed E-state index contributed by atoms with van der Waals surface area (Å²) in [6, 6.07) is 0. The highest BCUT2D eigenvalue weighted by atomic mass is 16.5. The predicted octanol–water partition coefficient (Wildman–Crippen LogP) is 6.18. The Balaban J connectivity index is 1.69. The molecule has 0 aromatic carbocycles. The predicted molar refractivity (Wildman–Crippen MR) is 96.0 cm³/mol. The molecule has 0 amide bonds. The minimum absolute atomic E-state index is 0.455. The van der Waals surface area contributed by atoms with Gasteiger partial charge in [0.2, 0.25) is 0 Å². The van der Waals surface area contributed by atoms with Gasteiger partial charge in [0, 0.05) is 6.42 Å². The van der Waals surface area contributed by atoms with Gasteiger partial charge in [-0.25, -0.2) is 0 Å². The molecule has 0 aromatic rings. The molecule has 0 N–H and O–H groups in total. The number of allylic oxidation sites excluding steroid dienone is 5. The van der Waals surface area contributed by atoms with Gasteiger partial charge in [0.25, 0.3) is 0 Å². The van der Waals surface area contributed by atoms with Crippen LogP contribution >= 0.6 is 0 Å². The first-order valence-electron chi connectivity index (χ1n) is 9.63. The molecule has 0 radical (unpaired) electrons.